The van der Waals surface area contributed by atoms with Crippen molar-refractivity contribution >= 4 is 0 Å². The fourth-order valence-electron chi connectivity index (χ4n) is 1.71. The standard InChI is InChI=1S/C10H19NO2/c1-9(2,3)8-4-11-10(13-5-8)6-12-7-10/h8,11H,4-7H2,1-3H3. The zero-order valence-corrected chi connectivity index (χ0v) is 8.72. The molecule has 0 aromatic heterocycles. The number of hydrogen-bond acceptors (Lipinski definition) is 3. The van der Waals surface area contributed by atoms with Crippen LogP contribution in [0.25, 0.3) is 0 Å². The predicted molar refractivity (Wildman–Crippen MR) is 50.4 cm³/mol. The first-order valence-electron chi connectivity index (χ1n) is 4.99. The Balaban J connectivity index is 1.89. The van der Waals surface area contributed by atoms with Crippen molar-refractivity contribution in [1.29, 1.82) is 0 Å². The molecule has 0 aromatic rings. The maximum atomic E-state index is 5.80. The molecule has 0 bridgehead atoms. The van der Waals surface area contributed by atoms with E-state index < -0.39 is 0 Å². The van der Waals surface area contributed by atoms with Gasteiger partial charge in [-0.1, -0.05) is 20.8 Å². The van der Waals surface area contributed by atoms with Crippen LogP contribution in [0.1, 0.15) is 20.8 Å². The molecule has 0 saturated carbocycles. The molecule has 2 aliphatic heterocycles. The topological polar surface area (TPSA) is 30.5 Å². The van der Waals surface area contributed by atoms with Crippen LogP contribution < -0.4 is 5.32 Å². The van der Waals surface area contributed by atoms with Gasteiger partial charge in [0.1, 0.15) is 0 Å². The van der Waals surface area contributed by atoms with Crippen LogP contribution in [0.4, 0.5) is 0 Å². The molecule has 0 radical (unpaired) electrons. The van der Waals surface area contributed by atoms with E-state index in [-0.39, 0.29) is 5.72 Å². The van der Waals surface area contributed by atoms with E-state index in [0.29, 0.717) is 24.5 Å². The highest BCUT2D eigenvalue weighted by Gasteiger charge is 2.44. The van der Waals surface area contributed by atoms with Crippen LogP contribution in [0.2, 0.25) is 0 Å². The molecule has 2 fully saturated rings. The molecule has 2 saturated heterocycles. The Labute approximate surface area is 79.8 Å². The molecule has 0 aliphatic carbocycles. The Bertz CT molecular complexity index is 184. The first-order chi connectivity index (χ1) is 6.02. The SMILES string of the molecule is CC(C)(C)C1CNC2(COC2)OC1. The van der Waals surface area contributed by atoms with Gasteiger partial charge in [-0.15, -0.1) is 0 Å². The third-order valence-corrected chi connectivity index (χ3v) is 3.13. The summed E-state index contributed by atoms with van der Waals surface area (Å²) in [5, 5.41) is 3.44. The number of hydrogen-bond donors (Lipinski definition) is 1. The van der Waals surface area contributed by atoms with E-state index in [9.17, 15) is 0 Å². The monoisotopic (exact) mass is 185 g/mol. The van der Waals surface area contributed by atoms with Gasteiger partial charge in [0.2, 0.25) is 0 Å². The third-order valence-electron chi connectivity index (χ3n) is 3.13. The Morgan fingerprint density at radius 3 is 2.31 bits per heavy atom. The lowest BCUT2D eigenvalue weighted by molar-refractivity contribution is -0.253. The highest BCUT2D eigenvalue weighted by molar-refractivity contribution is 4.91. The van der Waals surface area contributed by atoms with E-state index in [1.807, 2.05) is 0 Å². The lowest BCUT2D eigenvalue weighted by Gasteiger charge is -2.48. The molecular formula is C10H19NO2. The molecule has 0 amide bonds. The van der Waals surface area contributed by atoms with Gasteiger partial charge >= 0.3 is 0 Å². The summed E-state index contributed by atoms with van der Waals surface area (Å²) < 4.78 is 11.0. The fourth-order valence-corrected chi connectivity index (χ4v) is 1.71. The summed E-state index contributed by atoms with van der Waals surface area (Å²) in [6.07, 6.45) is 0. The van der Waals surface area contributed by atoms with E-state index in [0.717, 1.165) is 13.2 Å². The molecule has 1 spiro atoms. The van der Waals surface area contributed by atoms with Crippen LogP contribution in [0.5, 0.6) is 0 Å². The van der Waals surface area contributed by atoms with E-state index >= 15 is 0 Å². The highest BCUT2D eigenvalue weighted by Crippen LogP contribution is 2.32. The number of rotatable bonds is 0. The third kappa shape index (κ3) is 1.73. The largest absolute Gasteiger partial charge is 0.372 e. The van der Waals surface area contributed by atoms with Gasteiger partial charge in [-0.25, -0.2) is 0 Å². The van der Waals surface area contributed by atoms with Crippen LogP contribution >= 0.6 is 0 Å². The van der Waals surface area contributed by atoms with Gasteiger partial charge in [-0.05, 0) is 11.3 Å². The van der Waals surface area contributed by atoms with Gasteiger partial charge in [-0.2, -0.15) is 0 Å². The molecule has 2 heterocycles. The number of nitrogens with one attached hydrogen (secondary N) is 1. The molecule has 2 rings (SSSR count). The predicted octanol–water partition coefficient (Wildman–Crippen LogP) is 0.995. The van der Waals surface area contributed by atoms with Gasteiger partial charge in [0.25, 0.3) is 0 Å². The van der Waals surface area contributed by atoms with Crippen LogP contribution in [-0.2, 0) is 9.47 Å². The van der Waals surface area contributed by atoms with E-state index in [4.69, 9.17) is 9.47 Å². The van der Waals surface area contributed by atoms with Crippen LogP contribution in [-0.4, -0.2) is 32.1 Å². The van der Waals surface area contributed by atoms with Crippen molar-refractivity contribution in [3.63, 3.8) is 0 Å². The first kappa shape index (κ1) is 9.44. The lowest BCUT2D eigenvalue weighted by Crippen LogP contribution is -2.67. The maximum Gasteiger partial charge on any atom is 0.166 e. The van der Waals surface area contributed by atoms with Gasteiger partial charge in [0, 0.05) is 6.54 Å². The number of ether oxygens (including phenoxy) is 2. The summed E-state index contributed by atoms with van der Waals surface area (Å²) >= 11 is 0. The van der Waals surface area contributed by atoms with Crippen molar-refractivity contribution in [3.05, 3.63) is 0 Å². The molecule has 1 atom stereocenters. The second kappa shape index (κ2) is 2.94. The minimum atomic E-state index is -0.123. The summed E-state index contributed by atoms with van der Waals surface area (Å²) in [5.41, 5.74) is 0.209. The molecule has 1 unspecified atom stereocenters. The van der Waals surface area contributed by atoms with Gasteiger partial charge in [0.05, 0.1) is 19.8 Å². The molecule has 3 heteroatoms. The Morgan fingerprint density at radius 2 is 2.00 bits per heavy atom. The van der Waals surface area contributed by atoms with Crippen LogP contribution in [0.15, 0.2) is 0 Å². The quantitative estimate of drug-likeness (QED) is 0.610. The van der Waals surface area contributed by atoms with Crippen LogP contribution in [0.3, 0.4) is 0 Å². The normalized spacial score (nSPS) is 33.0. The van der Waals surface area contributed by atoms with E-state index in [1.54, 1.807) is 0 Å². The maximum absolute atomic E-state index is 5.80. The molecular weight excluding hydrogens is 166 g/mol. The van der Waals surface area contributed by atoms with Gasteiger partial charge in [-0.3, -0.25) is 5.32 Å². The molecule has 1 N–H and O–H groups in total. The summed E-state index contributed by atoms with van der Waals surface area (Å²) in [4.78, 5) is 0. The van der Waals surface area contributed by atoms with Crippen LogP contribution in [0, 0.1) is 11.3 Å². The van der Waals surface area contributed by atoms with Crippen molar-refractivity contribution < 1.29 is 9.47 Å². The van der Waals surface area contributed by atoms with Crippen molar-refractivity contribution in [3.8, 4) is 0 Å². The zero-order valence-electron chi connectivity index (χ0n) is 8.72. The minimum absolute atomic E-state index is 0.123. The molecule has 13 heavy (non-hydrogen) atoms. The summed E-state index contributed by atoms with van der Waals surface area (Å²) in [6, 6.07) is 0. The fraction of sp³-hybridized carbons (Fsp3) is 1.00. The molecule has 3 nitrogen and oxygen atoms in total. The molecule has 76 valence electrons. The summed E-state index contributed by atoms with van der Waals surface area (Å²) in [6.45, 7) is 10.1. The summed E-state index contributed by atoms with van der Waals surface area (Å²) in [5.74, 6) is 0.610. The van der Waals surface area contributed by atoms with E-state index in [1.165, 1.54) is 0 Å². The van der Waals surface area contributed by atoms with E-state index in [2.05, 4.69) is 26.1 Å². The Kier molecular flexibility index (Phi) is 2.13. The molecule has 2 aliphatic rings. The molecule has 0 aromatic carbocycles. The lowest BCUT2D eigenvalue weighted by atomic mass is 9.80. The Morgan fingerprint density at radius 1 is 1.31 bits per heavy atom. The second-order valence-electron chi connectivity index (χ2n) is 5.24. The second-order valence-corrected chi connectivity index (χ2v) is 5.24. The minimum Gasteiger partial charge on any atom is -0.372 e. The Hall–Kier alpha value is -0.120. The highest BCUT2D eigenvalue weighted by atomic mass is 16.6. The first-order valence-corrected chi connectivity index (χ1v) is 4.99. The van der Waals surface area contributed by atoms with Gasteiger partial charge < -0.3 is 9.47 Å². The van der Waals surface area contributed by atoms with Crippen molar-refractivity contribution in [2.75, 3.05) is 26.4 Å². The van der Waals surface area contributed by atoms with Crippen molar-refractivity contribution in [2.24, 2.45) is 11.3 Å². The zero-order chi connectivity index (χ0) is 9.53. The van der Waals surface area contributed by atoms with Crippen molar-refractivity contribution in [1.82, 2.24) is 5.32 Å². The average Bonchev–Trinajstić information content (AvgIpc) is 2.00. The van der Waals surface area contributed by atoms with Crippen molar-refractivity contribution in [2.45, 2.75) is 26.5 Å². The summed E-state index contributed by atoms with van der Waals surface area (Å²) in [7, 11) is 0. The smallest absolute Gasteiger partial charge is 0.166 e. The van der Waals surface area contributed by atoms with Gasteiger partial charge in [0.15, 0.2) is 5.72 Å². The average molecular weight is 185 g/mol.